The molecule has 1 aliphatic heterocycles. The van der Waals surface area contributed by atoms with Crippen molar-refractivity contribution < 1.29 is 18.7 Å². The minimum absolute atomic E-state index is 0.296. The van der Waals surface area contributed by atoms with Gasteiger partial charge < -0.3 is 13.9 Å². The maximum Gasteiger partial charge on any atom is 0.338 e. The molecule has 188 valence electrons. The van der Waals surface area contributed by atoms with Gasteiger partial charge in [0, 0.05) is 16.7 Å². The Morgan fingerprint density at radius 3 is 2.54 bits per heavy atom. The molecule has 37 heavy (non-hydrogen) atoms. The van der Waals surface area contributed by atoms with Crippen LogP contribution in [0.15, 0.2) is 80.1 Å². The van der Waals surface area contributed by atoms with Gasteiger partial charge in [0.1, 0.15) is 17.3 Å². The molecule has 4 aromatic rings. The standard InChI is InChI=1S/C27H20Cl2N2O5S/c1-14-23(26(33)35-3)24(15-4-7-17(34-2)8-5-15)31-25(32)22(37-27(31)30-14)13-18-9-11-21(36-18)19-10-6-16(28)12-20(19)29/h4-13,24H,1-3H3/b22-13+. The fourth-order valence-corrected chi connectivity index (χ4v) is 5.72. The molecule has 0 radical (unpaired) electrons. The number of halogens is 2. The molecule has 0 bridgehead atoms. The van der Waals surface area contributed by atoms with E-state index in [-0.39, 0.29) is 5.56 Å². The minimum Gasteiger partial charge on any atom is -0.497 e. The Kier molecular flexibility index (Phi) is 6.81. The third-order valence-corrected chi connectivity index (χ3v) is 7.49. The van der Waals surface area contributed by atoms with E-state index in [1.54, 1.807) is 62.6 Å². The van der Waals surface area contributed by atoms with Crippen molar-refractivity contribution >= 4 is 46.6 Å². The van der Waals surface area contributed by atoms with Crippen molar-refractivity contribution in [3.05, 3.63) is 107 Å². The first-order chi connectivity index (χ1) is 17.8. The van der Waals surface area contributed by atoms with Crippen LogP contribution in [0, 0.1) is 0 Å². The number of allylic oxidation sites excluding steroid dienone is 1. The Hall–Kier alpha value is -3.59. The van der Waals surface area contributed by atoms with E-state index in [1.165, 1.54) is 23.0 Å². The molecule has 1 atom stereocenters. The van der Waals surface area contributed by atoms with E-state index >= 15 is 0 Å². The second kappa shape index (κ2) is 10.0. The van der Waals surface area contributed by atoms with Gasteiger partial charge in [0.15, 0.2) is 4.80 Å². The number of rotatable bonds is 5. The van der Waals surface area contributed by atoms with Crippen LogP contribution in [-0.2, 0) is 9.53 Å². The smallest absolute Gasteiger partial charge is 0.338 e. The van der Waals surface area contributed by atoms with Gasteiger partial charge in [-0.3, -0.25) is 9.36 Å². The molecule has 1 aliphatic rings. The molecule has 0 fully saturated rings. The summed E-state index contributed by atoms with van der Waals surface area (Å²) in [4.78, 5) is 31.5. The summed E-state index contributed by atoms with van der Waals surface area (Å²) in [5, 5.41) is 0.979. The summed E-state index contributed by atoms with van der Waals surface area (Å²) >= 11 is 13.5. The van der Waals surface area contributed by atoms with Crippen molar-refractivity contribution in [1.29, 1.82) is 0 Å². The van der Waals surface area contributed by atoms with Gasteiger partial charge in [0.2, 0.25) is 0 Å². The number of aromatic nitrogens is 1. The van der Waals surface area contributed by atoms with E-state index in [1.807, 2.05) is 12.1 Å². The maximum absolute atomic E-state index is 13.7. The Morgan fingerprint density at radius 2 is 1.86 bits per heavy atom. The lowest BCUT2D eigenvalue weighted by atomic mass is 9.96. The van der Waals surface area contributed by atoms with Gasteiger partial charge in [-0.2, -0.15) is 0 Å². The summed E-state index contributed by atoms with van der Waals surface area (Å²) in [7, 11) is 2.88. The normalized spacial score (nSPS) is 15.4. The van der Waals surface area contributed by atoms with Gasteiger partial charge >= 0.3 is 5.97 Å². The largest absolute Gasteiger partial charge is 0.497 e. The lowest BCUT2D eigenvalue weighted by molar-refractivity contribution is -0.136. The van der Waals surface area contributed by atoms with Gasteiger partial charge in [-0.25, -0.2) is 9.79 Å². The number of benzene rings is 2. The molecule has 5 rings (SSSR count). The zero-order chi connectivity index (χ0) is 26.3. The fourth-order valence-electron chi connectivity index (χ4n) is 4.19. The molecule has 0 amide bonds. The minimum atomic E-state index is -0.711. The Bertz CT molecular complexity index is 1730. The Balaban J connectivity index is 1.63. The number of methoxy groups -OCH3 is 2. The number of thiazole rings is 1. The van der Waals surface area contributed by atoms with Crippen LogP contribution >= 0.6 is 34.5 Å². The zero-order valence-corrected chi connectivity index (χ0v) is 22.3. The molecule has 0 spiro atoms. The van der Waals surface area contributed by atoms with E-state index in [2.05, 4.69) is 4.99 Å². The molecule has 7 nitrogen and oxygen atoms in total. The van der Waals surface area contributed by atoms with Crippen LogP contribution in [0.3, 0.4) is 0 Å². The van der Waals surface area contributed by atoms with E-state index in [9.17, 15) is 9.59 Å². The summed E-state index contributed by atoms with van der Waals surface area (Å²) in [5.41, 5.74) is 1.88. The van der Waals surface area contributed by atoms with Gasteiger partial charge in [0.05, 0.1) is 41.1 Å². The van der Waals surface area contributed by atoms with Gasteiger partial charge in [0.25, 0.3) is 5.56 Å². The number of esters is 1. The molecule has 0 aliphatic carbocycles. The van der Waals surface area contributed by atoms with Crippen LogP contribution < -0.4 is 19.6 Å². The zero-order valence-electron chi connectivity index (χ0n) is 20.0. The second-order valence-electron chi connectivity index (χ2n) is 8.17. The average molecular weight is 555 g/mol. The highest BCUT2D eigenvalue weighted by Crippen LogP contribution is 2.33. The number of nitrogens with zero attached hydrogens (tertiary/aromatic N) is 2. The van der Waals surface area contributed by atoms with Crippen molar-refractivity contribution in [1.82, 2.24) is 4.57 Å². The SMILES string of the molecule is COC(=O)C1=C(C)N=c2s/c(=C/c3ccc(-c4ccc(Cl)cc4Cl)o3)c(=O)n2C1c1ccc(OC)cc1. The summed E-state index contributed by atoms with van der Waals surface area (Å²) in [6, 6.07) is 15.1. The first-order valence-electron chi connectivity index (χ1n) is 11.1. The Labute approximate surface area is 225 Å². The van der Waals surface area contributed by atoms with E-state index in [0.717, 1.165) is 5.56 Å². The summed E-state index contributed by atoms with van der Waals surface area (Å²) in [6.45, 7) is 1.73. The number of fused-ring (bicyclic) bond motifs is 1. The predicted octanol–water partition coefficient (Wildman–Crippen LogP) is 4.98. The second-order valence-corrected chi connectivity index (χ2v) is 10.0. The van der Waals surface area contributed by atoms with Crippen molar-refractivity contribution in [3.8, 4) is 17.1 Å². The highest BCUT2D eigenvalue weighted by molar-refractivity contribution is 7.07. The van der Waals surface area contributed by atoms with Crippen molar-refractivity contribution in [3.63, 3.8) is 0 Å². The number of carbonyl (C=O) groups is 1. The predicted molar refractivity (Wildman–Crippen MR) is 143 cm³/mol. The van der Waals surface area contributed by atoms with Crippen LogP contribution in [0.1, 0.15) is 24.3 Å². The van der Waals surface area contributed by atoms with Crippen LogP contribution in [-0.4, -0.2) is 24.8 Å². The molecule has 0 saturated heterocycles. The molecule has 1 unspecified atom stereocenters. The third kappa shape index (κ3) is 4.64. The number of hydrogen-bond donors (Lipinski definition) is 0. The number of carbonyl (C=O) groups excluding carboxylic acids is 1. The molecular formula is C27H20Cl2N2O5S. The summed E-state index contributed by atoms with van der Waals surface area (Å²) in [5.74, 6) is 1.12. The lowest BCUT2D eigenvalue weighted by Gasteiger charge is -2.24. The van der Waals surface area contributed by atoms with Crippen molar-refractivity contribution in [2.45, 2.75) is 13.0 Å². The molecular weight excluding hydrogens is 535 g/mol. The maximum atomic E-state index is 13.7. The van der Waals surface area contributed by atoms with Crippen LogP contribution in [0.25, 0.3) is 17.4 Å². The molecule has 0 saturated carbocycles. The molecule has 0 N–H and O–H groups in total. The Morgan fingerprint density at radius 1 is 1.11 bits per heavy atom. The fraction of sp³-hybridized carbons (Fsp3) is 0.148. The highest BCUT2D eigenvalue weighted by atomic mass is 35.5. The summed E-state index contributed by atoms with van der Waals surface area (Å²) in [6.07, 6.45) is 1.65. The third-order valence-electron chi connectivity index (χ3n) is 5.96. The van der Waals surface area contributed by atoms with E-state index in [0.29, 0.717) is 53.5 Å². The summed E-state index contributed by atoms with van der Waals surface area (Å²) < 4.78 is 18.2. The number of furan rings is 1. The lowest BCUT2D eigenvalue weighted by Crippen LogP contribution is -2.39. The monoisotopic (exact) mass is 554 g/mol. The topological polar surface area (TPSA) is 83.0 Å². The number of ether oxygens (including phenoxy) is 2. The van der Waals surface area contributed by atoms with E-state index in [4.69, 9.17) is 37.1 Å². The van der Waals surface area contributed by atoms with Crippen LogP contribution in [0.4, 0.5) is 0 Å². The molecule has 2 aromatic heterocycles. The quantitative estimate of drug-likeness (QED) is 0.325. The highest BCUT2D eigenvalue weighted by Gasteiger charge is 2.33. The molecule has 2 aromatic carbocycles. The molecule has 10 heteroatoms. The first-order valence-corrected chi connectivity index (χ1v) is 12.7. The average Bonchev–Trinajstić information content (AvgIpc) is 3.47. The van der Waals surface area contributed by atoms with Crippen LogP contribution in [0.5, 0.6) is 5.75 Å². The van der Waals surface area contributed by atoms with Crippen LogP contribution in [0.2, 0.25) is 10.0 Å². The van der Waals surface area contributed by atoms with E-state index < -0.39 is 12.0 Å². The van der Waals surface area contributed by atoms with Gasteiger partial charge in [-0.05, 0) is 55.0 Å². The number of hydrogen-bond acceptors (Lipinski definition) is 7. The molecule has 3 heterocycles. The van der Waals surface area contributed by atoms with Crippen molar-refractivity contribution in [2.24, 2.45) is 4.99 Å². The van der Waals surface area contributed by atoms with Crippen molar-refractivity contribution in [2.75, 3.05) is 14.2 Å². The van der Waals surface area contributed by atoms with Gasteiger partial charge in [-0.1, -0.05) is 46.7 Å². The van der Waals surface area contributed by atoms with Gasteiger partial charge in [-0.15, -0.1) is 0 Å². The first kappa shape index (κ1) is 25.1.